The maximum absolute atomic E-state index is 13.2. The van der Waals surface area contributed by atoms with Crippen molar-refractivity contribution < 1.29 is 27.4 Å². The van der Waals surface area contributed by atoms with Crippen LogP contribution in [0.2, 0.25) is 0 Å². The second-order valence-electron chi connectivity index (χ2n) is 4.18. The molecule has 0 N–H and O–H groups in total. The number of ether oxygens (including phenoxy) is 2. The second-order valence-corrected chi connectivity index (χ2v) is 6.05. The summed E-state index contributed by atoms with van der Waals surface area (Å²) in [6.45, 7) is 0. The molecule has 0 fully saturated rings. The predicted octanol–water partition coefficient (Wildman–Crippen LogP) is 3.83. The summed E-state index contributed by atoms with van der Waals surface area (Å²) in [5.74, 6) is -0.714. The van der Waals surface area contributed by atoms with Crippen molar-refractivity contribution in [2.45, 2.75) is 18.7 Å². The Bertz CT molecular complexity index is 587. The van der Waals surface area contributed by atoms with Crippen molar-refractivity contribution in [2.75, 3.05) is 14.2 Å². The Morgan fingerprint density at radius 3 is 2.40 bits per heavy atom. The number of fused-ring (bicyclic) bond motifs is 1. The van der Waals surface area contributed by atoms with E-state index in [1.807, 2.05) is 0 Å². The lowest BCUT2D eigenvalue weighted by Crippen LogP contribution is -2.18. The third-order valence-electron chi connectivity index (χ3n) is 3.13. The zero-order chi connectivity index (χ0) is 15.2. The van der Waals surface area contributed by atoms with E-state index in [0.29, 0.717) is 9.13 Å². The van der Waals surface area contributed by atoms with Crippen LogP contribution in [0.4, 0.5) is 13.2 Å². The van der Waals surface area contributed by atoms with Crippen LogP contribution in [-0.2, 0) is 17.3 Å². The van der Waals surface area contributed by atoms with Crippen molar-refractivity contribution in [3.8, 4) is 5.75 Å². The van der Waals surface area contributed by atoms with Crippen LogP contribution in [0.25, 0.3) is 0 Å². The molecule has 1 aliphatic rings. The number of rotatable bonds is 2. The van der Waals surface area contributed by atoms with Gasteiger partial charge in [0.2, 0.25) is 0 Å². The standard InChI is InChI=1S/C12H9BrF3IO3/c1-19-5-3-4-6(10(5)18)8(13)7(12(14,15)16)11(20-2)9(4)17/h5H,3H2,1-2H3. The maximum atomic E-state index is 13.2. The highest BCUT2D eigenvalue weighted by Crippen LogP contribution is 2.48. The Balaban J connectivity index is 2.80. The van der Waals surface area contributed by atoms with Crippen LogP contribution in [-0.4, -0.2) is 26.1 Å². The number of carbonyl (C=O) groups excluding carboxylic acids is 1. The van der Waals surface area contributed by atoms with E-state index in [1.54, 1.807) is 22.6 Å². The van der Waals surface area contributed by atoms with Gasteiger partial charge in [0.05, 0.1) is 10.7 Å². The zero-order valence-electron chi connectivity index (χ0n) is 10.4. The predicted molar refractivity (Wildman–Crippen MR) is 77.2 cm³/mol. The molecule has 0 saturated carbocycles. The number of carbonyl (C=O) groups is 1. The van der Waals surface area contributed by atoms with Crippen LogP contribution in [0.5, 0.6) is 5.75 Å². The van der Waals surface area contributed by atoms with E-state index in [-0.39, 0.29) is 22.2 Å². The minimum absolute atomic E-state index is 0.0365. The van der Waals surface area contributed by atoms with Crippen molar-refractivity contribution in [1.82, 2.24) is 0 Å². The minimum atomic E-state index is -4.62. The molecule has 3 nitrogen and oxygen atoms in total. The average Bonchev–Trinajstić information content (AvgIpc) is 2.69. The van der Waals surface area contributed by atoms with Crippen molar-refractivity contribution >= 4 is 44.3 Å². The van der Waals surface area contributed by atoms with E-state index in [1.165, 1.54) is 14.2 Å². The summed E-state index contributed by atoms with van der Waals surface area (Å²) >= 11 is 4.68. The van der Waals surface area contributed by atoms with Crippen LogP contribution in [0.3, 0.4) is 0 Å². The van der Waals surface area contributed by atoms with Gasteiger partial charge in [-0.1, -0.05) is 0 Å². The third kappa shape index (κ3) is 2.35. The number of methoxy groups -OCH3 is 2. The van der Waals surface area contributed by atoms with Crippen molar-refractivity contribution in [3.63, 3.8) is 0 Å². The smallest absolute Gasteiger partial charge is 0.421 e. The summed E-state index contributed by atoms with van der Waals surface area (Å²) in [7, 11) is 2.53. The van der Waals surface area contributed by atoms with Crippen molar-refractivity contribution in [1.29, 1.82) is 0 Å². The molecule has 1 aromatic rings. The monoisotopic (exact) mass is 464 g/mol. The first kappa shape index (κ1) is 16.0. The summed E-state index contributed by atoms with van der Waals surface area (Å²) < 4.78 is 49.5. The molecular weight excluding hydrogens is 456 g/mol. The Labute approximate surface area is 135 Å². The number of Topliss-reactive ketones (excluding diaryl/α,β-unsaturated/α-hetero) is 1. The van der Waals surface area contributed by atoms with Gasteiger partial charge in [-0.15, -0.1) is 0 Å². The largest absolute Gasteiger partial charge is 0.495 e. The van der Waals surface area contributed by atoms with Crippen LogP contribution in [0.1, 0.15) is 21.5 Å². The fourth-order valence-corrected chi connectivity index (χ4v) is 4.06. The first-order valence-electron chi connectivity index (χ1n) is 5.46. The van der Waals surface area contributed by atoms with Gasteiger partial charge in [-0.05, 0) is 44.1 Å². The first-order valence-corrected chi connectivity index (χ1v) is 7.33. The summed E-state index contributed by atoms with van der Waals surface area (Å²) in [6.07, 6.45) is -5.12. The van der Waals surface area contributed by atoms with Gasteiger partial charge in [0.15, 0.2) is 5.78 Å². The molecule has 0 aromatic heterocycles. The van der Waals surface area contributed by atoms with Gasteiger partial charge in [-0.25, -0.2) is 0 Å². The van der Waals surface area contributed by atoms with Gasteiger partial charge >= 0.3 is 6.18 Å². The number of hydrogen-bond donors (Lipinski definition) is 0. The summed E-state index contributed by atoms with van der Waals surface area (Å²) in [4.78, 5) is 12.1. The second kappa shape index (κ2) is 5.45. The fraction of sp³-hybridized carbons (Fsp3) is 0.417. The van der Waals surface area contributed by atoms with E-state index in [2.05, 4.69) is 15.9 Å². The van der Waals surface area contributed by atoms with E-state index in [4.69, 9.17) is 9.47 Å². The SMILES string of the molecule is COc1c(I)c2c(c(Br)c1C(F)(F)F)C(=O)C(OC)C2. The number of alkyl halides is 3. The fourth-order valence-electron chi connectivity index (χ4n) is 2.24. The van der Waals surface area contributed by atoms with Crippen LogP contribution in [0, 0.1) is 3.57 Å². The highest BCUT2D eigenvalue weighted by molar-refractivity contribution is 14.1. The molecule has 0 bridgehead atoms. The molecule has 110 valence electrons. The Kier molecular flexibility index (Phi) is 4.37. The van der Waals surface area contributed by atoms with Gasteiger partial charge < -0.3 is 9.47 Å². The van der Waals surface area contributed by atoms with Gasteiger partial charge in [0.25, 0.3) is 0 Å². The third-order valence-corrected chi connectivity index (χ3v) is 5.07. The lowest BCUT2D eigenvalue weighted by atomic mass is 10.0. The van der Waals surface area contributed by atoms with Gasteiger partial charge in [-0.2, -0.15) is 13.2 Å². The maximum Gasteiger partial charge on any atom is 0.421 e. The molecule has 0 heterocycles. The topological polar surface area (TPSA) is 35.5 Å². The van der Waals surface area contributed by atoms with E-state index >= 15 is 0 Å². The van der Waals surface area contributed by atoms with E-state index < -0.39 is 23.6 Å². The van der Waals surface area contributed by atoms with Gasteiger partial charge in [0, 0.05) is 23.6 Å². The molecule has 20 heavy (non-hydrogen) atoms. The molecule has 0 radical (unpaired) electrons. The molecule has 1 atom stereocenters. The Morgan fingerprint density at radius 1 is 1.35 bits per heavy atom. The number of ketones is 1. The molecule has 8 heteroatoms. The molecule has 0 aliphatic heterocycles. The summed E-state index contributed by atoms with van der Waals surface area (Å²) in [5.41, 5.74) is -0.401. The molecular formula is C12H9BrF3IO3. The molecule has 1 aromatic carbocycles. The summed E-state index contributed by atoms with van der Waals surface area (Å²) in [5, 5.41) is 0. The van der Waals surface area contributed by atoms with Crippen LogP contribution in [0.15, 0.2) is 4.47 Å². The quantitative estimate of drug-likeness (QED) is 0.624. The molecule has 2 rings (SSSR count). The number of halogens is 5. The van der Waals surface area contributed by atoms with Crippen molar-refractivity contribution in [2.24, 2.45) is 0 Å². The molecule has 1 aliphatic carbocycles. The normalized spacial score (nSPS) is 18.4. The zero-order valence-corrected chi connectivity index (χ0v) is 14.1. The number of benzene rings is 1. The van der Waals surface area contributed by atoms with E-state index in [0.717, 1.165) is 0 Å². The molecule has 0 spiro atoms. The molecule has 1 unspecified atom stereocenters. The molecule has 0 amide bonds. The lowest BCUT2D eigenvalue weighted by molar-refractivity contribution is -0.139. The van der Waals surface area contributed by atoms with Crippen LogP contribution >= 0.6 is 38.5 Å². The average molecular weight is 465 g/mol. The van der Waals surface area contributed by atoms with Gasteiger partial charge in [-0.3, -0.25) is 4.79 Å². The first-order chi connectivity index (χ1) is 9.23. The minimum Gasteiger partial charge on any atom is -0.495 e. The highest BCUT2D eigenvalue weighted by atomic mass is 127. The van der Waals surface area contributed by atoms with Crippen molar-refractivity contribution in [3.05, 3.63) is 24.7 Å². The Hall–Kier alpha value is -0.350. The lowest BCUT2D eigenvalue weighted by Gasteiger charge is -2.18. The Morgan fingerprint density at radius 2 is 1.95 bits per heavy atom. The summed E-state index contributed by atoms with van der Waals surface area (Å²) in [6, 6.07) is 0. The highest BCUT2D eigenvalue weighted by Gasteiger charge is 2.44. The molecule has 0 saturated heterocycles. The van der Waals surface area contributed by atoms with Gasteiger partial charge in [0.1, 0.15) is 17.4 Å². The number of hydrogen-bond acceptors (Lipinski definition) is 3. The van der Waals surface area contributed by atoms with E-state index in [9.17, 15) is 18.0 Å². The van der Waals surface area contributed by atoms with Crippen LogP contribution < -0.4 is 4.74 Å².